The van der Waals surface area contributed by atoms with Crippen LogP contribution in [-0.2, 0) is 16.6 Å². The molecular weight excluding hydrogens is 462 g/mol. The summed E-state index contributed by atoms with van der Waals surface area (Å²) >= 11 is 0. The van der Waals surface area contributed by atoms with Crippen molar-refractivity contribution in [3.63, 3.8) is 0 Å². The molecule has 0 bridgehead atoms. The second kappa shape index (κ2) is 9.70. The Morgan fingerprint density at radius 2 is 1.68 bits per heavy atom. The molecule has 1 amide bonds. The fraction of sp³-hybridized carbons (Fsp3) is 0.375. The first-order valence-corrected chi connectivity index (χ1v) is 13.5. The highest BCUT2D eigenvalue weighted by Crippen LogP contribution is 2.51. The van der Waals surface area contributed by atoms with E-state index in [1.807, 2.05) is 42.5 Å². The van der Waals surface area contributed by atoms with Crippen molar-refractivity contribution in [3.05, 3.63) is 82.9 Å². The molecule has 0 atom stereocenters. The highest BCUT2D eigenvalue weighted by atomic mass is 16.7. The Morgan fingerprint density at radius 1 is 0.919 bits per heavy atom. The average Bonchev–Trinajstić information content (AvgIpc) is 3.61. The van der Waals surface area contributed by atoms with Crippen molar-refractivity contribution in [2.24, 2.45) is 0 Å². The van der Waals surface area contributed by atoms with Crippen molar-refractivity contribution in [2.75, 3.05) is 6.79 Å². The minimum absolute atomic E-state index is 0. The molecule has 37 heavy (non-hydrogen) atoms. The highest BCUT2D eigenvalue weighted by molar-refractivity contribution is 5.96. The summed E-state index contributed by atoms with van der Waals surface area (Å²) in [6.45, 7) is 2.32. The first-order valence-electron chi connectivity index (χ1n) is 13.5. The lowest BCUT2D eigenvalue weighted by Gasteiger charge is -2.22. The van der Waals surface area contributed by atoms with Crippen LogP contribution in [0.5, 0.6) is 11.5 Å². The van der Waals surface area contributed by atoms with Gasteiger partial charge in [0.25, 0.3) is 5.91 Å². The molecule has 2 fully saturated rings. The number of rotatable bonds is 7. The third-order valence-corrected chi connectivity index (χ3v) is 8.27. The fourth-order valence-corrected chi connectivity index (χ4v) is 5.81. The van der Waals surface area contributed by atoms with E-state index in [1.165, 1.54) is 19.3 Å². The number of carbonyl (C=O) groups is 2. The third-order valence-electron chi connectivity index (χ3n) is 8.27. The molecule has 3 aromatic carbocycles. The van der Waals surface area contributed by atoms with Crippen LogP contribution in [-0.4, -0.2) is 24.5 Å². The Bertz CT molecular complexity index is 1340. The van der Waals surface area contributed by atoms with E-state index < -0.39 is 5.41 Å². The molecule has 1 heterocycles. The lowest BCUT2D eigenvalue weighted by Crippen LogP contribution is -2.36. The number of ether oxygens (including phenoxy) is 2. The third kappa shape index (κ3) is 4.75. The summed E-state index contributed by atoms with van der Waals surface area (Å²) < 4.78 is 11.0. The maximum atomic E-state index is 13.5. The van der Waals surface area contributed by atoms with Crippen LogP contribution < -0.4 is 14.8 Å². The lowest BCUT2D eigenvalue weighted by atomic mass is 9.87. The van der Waals surface area contributed by atoms with E-state index in [9.17, 15) is 9.59 Å². The van der Waals surface area contributed by atoms with Gasteiger partial charge in [0.2, 0.25) is 6.79 Å². The molecule has 1 N–H and O–H groups in total. The molecule has 0 saturated heterocycles. The van der Waals surface area contributed by atoms with Crippen LogP contribution in [0.3, 0.4) is 0 Å². The van der Waals surface area contributed by atoms with Crippen LogP contribution in [0.15, 0.2) is 60.7 Å². The molecule has 0 unspecified atom stereocenters. The maximum absolute atomic E-state index is 13.5. The first-order chi connectivity index (χ1) is 18.0. The minimum atomic E-state index is -0.417. The van der Waals surface area contributed by atoms with Gasteiger partial charge < -0.3 is 14.8 Å². The predicted molar refractivity (Wildman–Crippen MR) is 145 cm³/mol. The Hall–Kier alpha value is -3.60. The standard InChI is InChI=1S/C32H33NO4.H2/c1-21-7-8-22(18-30(34)32(15-16-32)25-13-14-28-29(19-25)37-20-36-28)17-27(21)23-9-11-24(12-10-23)31(35)33-26-5-3-2-4-6-26;/h7-14,17,19,26H,2-6,15-16,18,20H2,1H3,(H,33,35);1H. The van der Waals surface area contributed by atoms with Gasteiger partial charge in [-0.05, 0) is 84.7 Å². The molecular formula is C32H35NO4. The van der Waals surface area contributed by atoms with Crippen LogP contribution >= 0.6 is 0 Å². The molecule has 1 aliphatic heterocycles. The molecule has 6 rings (SSSR count). The largest absolute Gasteiger partial charge is 0.454 e. The number of hydrogen-bond acceptors (Lipinski definition) is 4. The number of ketones is 1. The quantitative estimate of drug-likeness (QED) is 0.402. The number of Topliss-reactive ketones (excluding diaryl/α,β-unsaturated/α-hetero) is 1. The van der Waals surface area contributed by atoms with Crippen LogP contribution in [0.4, 0.5) is 0 Å². The van der Waals surface area contributed by atoms with E-state index in [0.717, 1.165) is 65.0 Å². The normalized spacial score (nSPS) is 17.9. The van der Waals surface area contributed by atoms with Crippen LogP contribution in [0, 0.1) is 6.92 Å². The van der Waals surface area contributed by atoms with Crippen molar-refractivity contribution in [2.45, 2.75) is 69.7 Å². The molecule has 0 spiro atoms. The predicted octanol–water partition coefficient (Wildman–Crippen LogP) is 6.54. The molecule has 5 nitrogen and oxygen atoms in total. The van der Waals surface area contributed by atoms with Gasteiger partial charge in [0.15, 0.2) is 11.5 Å². The summed E-state index contributed by atoms with van der Waals surface area (Å²) in [7, 11) is 0. The Kier molecular flexibility index (Phi) is 6.23. The highest BCUT2D eigenvalue weighted by Gasteiger charge is 2.50. The number of amides is 1. The number of nitrogens with one attached hydrogen (secondary N) is 1. The zero-order valence-corrected chi connectivity index (χ0v) is 21.3. The SMILES string of the molecule is Cc1ccc(CC(=O)C2(c3ccc4c(c3)OCO4)CC2)cc1-c1ccc(C(=O)NC2CCCCC2)cc1.[HH]. The van der Waals surface area contributed by atoms with Gasteiger partial charge in [0, 0.05) is 19.5 Å². The van der Waals surface area contributed by atoms with Crippen LogP contribution in [0.1, 0.15) is 73.4 Å². The summed E-state index contributed by atoms with van der Waals surface area (Å²) in [6, 6.07) is 20.3. The van der Waals surface area contributed by atoms with Gasteiger partial charge in [-0.1, -0.05) is 55.7 Å². The Labute approximate surface area is 219 Å². The molecule has 0 aromatic heterocycles. The van der Waals surface area contributed by atoms with Crippen LogP contribution in [0.25, 0.3) is 11.1 Å². The van der Waals surface area contributed by atoms with Gasteiger partial charge in [-0.15, -0.1) is 0 Å². The number of benzene rings is 3. The summed E-state index contributed by atoms with van der Waals surface area (Å²) in [5.41, 5.74) is 5.60. The second-order valence-corrected chi connectivity index (χ2v) is 10.8. The smallest absolute Gasteiger partial charge is 0.251 e. The van der Waals surface area contributed by atoms with E-state index in [1.54, 1.807) is 0 Å². The van der Waals surface area contributed by atoms with E-state index in [0.29, 0.717) is 18.0 Å². The zero-order valence-electron chi connectivity index (χ0n) is 21.3. The van der Waals surface area contributed by atoms with E-state index in [-0.39, 0.29) is 19.9 Å². The average molecular weight is 498 g/mol. The van der Waals surface area contributed by atoms with Crippen molar-refractivity contribution in [3.8, 4) is 22.6 Å². The molecule has 3 aromatic rings. The monoisotopic (exact) mass is 497 g/mol. The first kappa shape index (κ1) is 23.8. The van der Waals surface area contributed by atoms with Crippen molar-refractivity contribution >= 4 is 11.7 Å². The van der Waals surface area contributed by atoms with Gasteiger partial charge in [0.1, 0.15) is 5.78 Å². The number of hydrogen-bond donors (Lipinski definition) is 1. The fourth-order valence-electron chi connectivity index (χ4n) is 5.81. The summed E-state index contributed by atoms with van der Waals surface area (Å²) in [4.78, 5) is 26.2. The molecule has 2 aliphatic carbocycles. The number of aryl methyl sites for hydroxylation is 1. The lowest BCUT2D eigenvalue weighted by molar-refractivity contribution is -0.120. The van der Waals surface area contributed by atoms with Crippen LogP contribution in [0.2, 0.25) is 0 Å². The summed E-state index contributed by atoms with van der Waals surface area (Å²) in [5, 5.41) is 3.19. The van der Waals surface area contributed by atoms with E-state index in [2.05, 4.69) is 30.4 Å². The van der Waals surface area contributed by atoms with Crippen molar-refractivity contribution in [1.29, 1.82) is 0 Å². The van der Waals surface area contributed by atoms with E-state index >= 15 is 0 Å². The topological polar surface area (TPSA) is 64.6 Å². The summed E-state index contributed by atoms with van der Waals surface area (Å²) in [5.74, 6) is 1.72. The molecule has 5 heteroatoms. The molecule has 192 valence electrons. The van der Waals surface area contributed by atoms with Gasteiger partial charge in [-0.2, -0.15) is 0 Å². The maximum Gasteiger partial charge on any atom is 0.251 e. The van der Waals surface area contributed by atoms with Gasteiger partial charge in [-0.25, -0.2) is 0 Å². The van der Waals surface area contributed by atoms with Gasteiger partial charge >= 0.3 is 0 Å². The molecule has 2 saturated carbocycles. The Morgan fingerprint density at radius 3 is 2.43 bits per heavy atom. The van der Waals surface area contributed by atoms with Crippen molar-refractivity contribution in [1.82, 2.24) is 5.32 Å². The molecule has 0 radical (unpaired) electrons. The minimum Gasteiger partial charge on any atom is -0.454 e. The van der Waals surface area contributed by atoms with Gasteiger partial charge in [0.05, 0.1) is 5.41 Å². The number of carbonyl (C=O) groups excluding carboxylic acids is 2. The van der Waals surface area contributed by atoms with E-state index in [4.69, 9.17) is 9.47 Å². The van der Waals surface area contributed by atoms with Gasteiger partial charge in [-0.3, -0.25) is 9.59 Å². The number of fused-ring (bicyclic) bond motifs is 1. The van der Waals surface area contributed by atoms with Crippen molar-refractivity contribution < 1.29 is 20.5 Å². The zero-order chi connectivity index (χ0) is 25.4. The molecule has 3 aliphatic rings. The summed E-state index contributed by atoms with van der Waals surface area (Å²) in [6.07, 6.45) is 7.94. The Balaban J connectivity index is 0.00000294. The second-order valence-electron chi connectivity index (χ2n) is 10.8.